The van der Waals surface area contributed by atoms with Crippen molar-refractivity contribution >= 4 is 39.3 Å². The first-order valence-corrected chi connectivity index (χ1v) is 10.6. The molecule has 1 saturated heterocycles. The molecule has 27 heavy (non-hydrogen) atoms. The summed E-state index contributed by atoms with van der Waals surface area (Å²) in [7, 11) is 0. The summed E-state index contributed by atoms with van der Waals surface area (Å²) in [6.45, 7) is 9.25. The lowest BCUT2D eigenvalue weighted by atomic mass is 9.91. The predicted molar refractivity (Wildman–Crippen MR) is 109 cm³/mol. The van der Waals surface area contributed by atoms with Crippen LogP contribution in [0.3, 0.4) is 0 Å². The molecule has 1 fully saturated rings. The molecule has 0 unspecified atom stereocenters. The highest BCUT2D eigenvalue weighted by Crippen LogP contribution is 2.32. The second-order valence-electron chi connectivity index (χ2n) is 7.93. The molecule has 1 aliphatic rings. The first-order chi connectivity index (χ1) is 12.5. The molecule has 2 heterocycles. The van der Waals surface area contributed by atoms with Crippen molar-refractivity contribution in [2.45, 2.75) is 77.5 Å². The number of halogens is 1. The van der Waals surface area contributed by atoms with Gasteiger partial charge in [0.25, 0.3) is 0 Å². The van der Waals surface area contributed by atoms with Gasteiger partial charge in [-0.3, -0.25) is 4.79 Å². The molecule has 1 aromatic heterocycles. The Morgan fingerprint density at radius 2 is 2.22 bits per heavy atom. The summed E-state index contributed by atoms with van der Waals surface area (Å²) in [6.07, 6.45) is 2.06. The molecule has 0 spiro atoms. The lowest BCUT2D eigenvalue weighted by Gasteiger charge is -2.40. The van der Waals surface area contributed by atoms with Gasteiger partial charge >= 0.3 is 6.09 Å². The maximum Gasteiger partial charge on any atom is 0.417 e. The third-order valence-corrected chi connectivity index (χ3v) is 5.29. The van der Waals surface area contributed by atoms with Crippen LogP contribution in [0.5, 0.6) is 0 Å². The molecule has 6 nitrogen and oxygen atoms in total. The zero-order valence-corrected chi connectivity index (χ0v) is 18.8. The monoisotopic (exact) mass is 458 g/mol. The van der Waals surface area contributed by atoms with Crippen LogP contribution in [-0.2, 0) is 16.0 Å². The first kappa shape index (κ1) is 22.0. The summed E-state index contributed by atoms with van der Waals surface area (Å²) in [4.78, 5) is 29.9. The van der Waals surface area contributed by atoms with Crippen LogP contribution in [0, 0.1) is 0 Å². The van der Waals surface area contributed by atoms with Crippen molar-refractivity contribution < 1.29 is 19.4 Å². The van der Waals surface area contributed by atoms with Crippen molar-refractivity contribution in [3.05, 3.63) is 26.6 Å². The zero-order chi connectivity index (χ0) is 20.4. The number of likely N-dealkylation sites (tertiary alicyclic amines) is 1. The van der Waals surface area contributed by atoms with Gasteiger partial charge < -0.3 is 9.84 Å². The van der Waals surface area contributed by atoms with E-state index in [4.69, 9.17) is 4.74 Å². The van der Waals surface area contributed by atoms with E-state index in [0.717, 1.165) is 15.2 Å². The number of carbonyl (C=O) groups excluding carboxylic acids is 2. The molecule has 0 radical (unpaired) electrons. The maximum atomic E-state index is 12.2. The largest absolute Gasteiger partial charge is 0.443 e. The Labute approximate surface area is 172 Å². The number of carbonyl (C=O) groups is 2. The van der Waals surface area contributed by atoms with E-state index in [0.29, 0.717) is 19.3 Å². The Morgan fingerprint density at radius 3 is 2.78 bits per heavy atom. The number of aromatic nitrogens is 1. The van der Waals surface area contributed by atoms with E-state index in [1.54, 1.807) is 26.8 Å². The third kappa shape index (κ3) is 6.40. The molecule has 150 valence electrons. The molecule has 0 saturated carbocycles. The molecular weight excluding hydrogens is 432 g/mol. The second-order valence-corrected chi connectivity index (χ2v) is 10.1. The fourth-order valence-electron chi connectivity index (χ4n) is 2.91. The van der Waals surface area contributed by atoms with Gasteiger partial charge in [-0.15, -0.1) is 11.3 Å². The third-order valence-electron chi connectivity index (χ3n) is 4.14. The minimum atomic E-state index is -0.629. The number of hydrogen-bond acceptors (Lipinski definition) is 6. The van der Waals surface area contributed by atoms with Gasteiger partial charge in [0.2, 0.25) is 5.91 Å². The van der Waals surface area contributed by atoms with E-state index in [2.05, 4.69) is 20.9 Å². The number of amides is 2. The topological polar surface area (TPSA) is 79.7 Å². The highest BCUT2D eigenvalue weighted by Gasteiger charge is 2.43. The van der Waals surface area contributed by atoms with Gasteiger partial charge in [0.15, 0.2) is 0 Å². The quantitative estimate of drug-likeness (QED) is 0.639. The van der Waals surface area contributed by atoms with Crippen LogP contribution >= 0.6 is 27.3 Å². The SMILES string of the molecule is CC(Br)=C[C@H](O)Cc1nc([C@@H](C)C[C@@H]2CC(=O)N2C(=O)OC(C)(C)C)cs1. The van der Waals surface area contributed by atoms with E-state index in [9.17, 15) is 14.7 Å². The Bertz CT molecular complexity index is 722. The highest BCUT2D eigenvalue weighted by atomic mass is 79.9. The van der Waals surface area contributed by atoms with Crippen LogP contribution in [0.25, 0.3) is 0 Å². The van der Waals surface area contributed by atoms with Crippen LogP contribution < -0.4 is 0 Å². The van der Waals surface area contributed by atoms with Gasteiger partial charge in [0.1, 0.15) is 5.60 Å². The standard InChI is InChI=1S/C19H27BrN2O4S/c1-11(15-10-27-16(21-15)9-14(23)7-12(2)20)6-13-8-17(24)22(13)18(25)26-19(3,4)5/h7,10-11,13-14,23H,6,8-9H2,1-5H3/t11-,13+,14-/m0/s1. The zero-order valence-electron chi connectivity index (χ0n) is 16.4. The van der Waals surface area contributed by atoms with Crippen LogP contribution in [0.2, 0.25) is 0 Å². The number of thiazole rings is 1. The molecule has 2 rings (SSSR count). The summed E-state index contributed by atoms with van der Waals surface area (Å²) in [5.74, 6) is -0.0934. The molecule has 0 aromatic carbocycles. The fourth-order valence-corrected chi connectivity index (χ4v) is 4.18. The molecule has 8 heteroatoms. The van der Waals surface area contributed by atoms with Crippen molar-refractivity contribution in [3.63, 3.8) is 0 Å². The summed E-state index contributed by atoms with van der Waals surface area (Å²) in [5, 5.41) is 12.8. The van der Waals surface area contributed by atoms with Crippen molar-refractivity contribution in [1.29, 1.82) is 0 Å². The number of hydrogen-bond donors (Lipinski definition) is 1. The van der Waals surface area contributed by atoms with Crippen molar-refractivity contribution in [1.82, 2.24) is 9.88 Å². The summed E-state index contributed by atoms with van der Waals surface area (Å²) in [5.41, 5.74) is 0.292. The minimum Gasteiger partial charge on any atom is -0.443 e. The average Bonchev–Trinajstić information content (AvgIpc) is 2.91. The van der Waals surface area contributed by atoms with Gasteiger partial charge in [0.05, 0.1) is 22.8 Å². The number of aliphatic hydroxyl groups is 1. The van der Waals surface area contributed by atoms with E-state index < -0.39 is 17.8 Å². The van der Waals surface area contributed by atoms with E-state index in [1.807, 2.05) is 19.2 Å². The highest BCUT2D eigenvalue weighted by molar-refractivity contribution is 9.11. The number of allylic oxidation sites excluding steroid dienone is 1. The van der Waals surface area contributed by atoms with E-state index >= 15 is 0 Å². The molecule has 3 atom stereocenters. The molecule has 0 bridgehead atoms. The molecule has 2 amide bonds. The smallest absolute Gasteiger partial charge is 0.417 e. The number of ether oxygens (including phenoxy) is 1. The van der Waals surface area contributed by atoms with Gasteiger partial charge in [-0.2, -0.15) is 0 Å². The summed E-state index contributed by atoms with van der Waals surface area (Å²) in [6, 6.07) is -0.155. The molecule has 0 aliphatic carbocycles. The van der Waals surface area contributed by atoms with Gasteiger partial charge in [-0.25, -0.2) is 14.7 Å². The Kier molecular flexibility index (Phi) is 7.21. The van der Waals surface area contributed by atoms with Crippen LogP contribution in [0.1, 0.15) is 64.1 Å². The Hall–Kier alpha value is -1.25. The van der Waals surface area contributed by atoms with Crippen molar-refractivity contribution in [2.75, 3.05) is 0 Å². The van der Waals surface area contributed by atoms with Gasteiger partial charge in [0, 0.05) is 24.1 Å². The van der Waals surface area contributed by atoms with Crippen LogP contribution in [0.4, 0.5) is 4.79 Å². The maximum absolute atomic E-state index is 12.2. The molecule has 1 aliphatic heterocycles. The lowest BCUT2D eigenvalue weighted by molar-refractivity contribution is -0.144. The van der Waals surface area contributed by atoms with Gasteiger partial charge in [-0.05, 0) is 44.7 Å². The molecule has 1 aromatic rings. The second kappa shape index (κ2) is 8.84. The number of nitrogens with zero attached hydrogens (tertiary/aromatic N) is 2. The van der Waals surface area contributed by atoms with E-state index in [1.165, 1.54) is 16.2 Å². The molecule has 1 N–H and O–H groups in total. The van der Waals surface area contributed by atoms with Crippen LogP contribution in [-0.4, -0.2) is 44.7 Å². The average molecular weight is 459 g/mol. The molecular formula is C19H27BrN2O4S. The minimum absolute atomic E-state index is 0.101. The lowest BCUT2D eigenvalue weighted by Crippen LogP contribution is -2.57. The van der Waals surface area contributed by atoms with Crippen molar-refractivity contribution in [2.24, 2.45) is 0 Å². The number of imide groups is 1. The Morgan fingerprint density at radius 1 is 1.56 bits per heavy atom. The first-order valence-electron chi connectivity index (χ1n) is 8.97. The fraction of sp³-hybridized carbons (Fsp3) is 0.632. The summed E-state index contributed by atoms with van der Waals surface area (Å²) < 4.78 is 6.21. The van der Waals surface area contributed by atoms with Gasteiger partial charge in [-0.1, -0.05) is 22.9 Å². The number of β-lactam (4-membered cyclic amide) rings is 1. The number of aliphatic hydroxyl groups excluding tert-OH is 1. The number of rotatable bonds is 6. The normalized spacial score (nSPS) is 20.3. The van der Waals surface area contributed by atoms with Crippen LogP contribution in [0.15, 0.2) is 15.9 Å². The summed E-state index contributed by atoms with van der Waals surface area (Å²) >= 11 is 4.83. The van der Waals surface area contributed by atoms with E-state index in [-0.39, 0.29) is 17.9 Å². The predicted octanol–water partition coefficient (Wildman–Crippen LogP) is 4.37. The Balaban J connectivity index is 1.95. The van der Waals surface area contributed by atoms with Crippen molar-refractivity contribution in [3.8, 4) is 0 Å².